The van der Waals surface area contributed by atoms with E-state index in [2.05, 4.69) is 69.2 Å². The number of rotatable bonds is 7. The van der Waals surface area contributed by atoms with Crippen LogP contribution in [0.4, 0.5) is 0 Å². The molecular weight excluding hydrogens is 436 g/mol. The van der Waals surface area contributed by atoms with Crippen LogP contribution in [-0.4, -0.2) is 15.4 Å². The first-order chi connectivity index (χ1) is 14.7. The second-order valence-corrected chi connectivity index (χ2v) is 8.18. The molecule has 3 aromatic carbocycles. The van der Waals surface area contributed by atoms with Gasteiger partial charge >= 0.3 is 0 Å². The highest BCUT2D eigenvalue weighted by atomic mass is 79.9. The van der Waals surface area contributed by atoms with Crippen molar-refractivity contribution >= 4 is 21.8 Å². The molecule has 0 bridgehead atoms. The van der Waals surface area contributed by atoms with Gasteiger partial charge in [0.25, 0.3) is 5.91 Å². The Kier molecular flexibility index (Phi) is 6.45. The summed E-state index contributed by atoms with van der Waals surface area (Å²) in [5, 5.41) is 0. The molecular formula is C26H23BrN2O. The standard InChI is InChI=1S/C26H23BrN2O/c27-24-15-13-22(14-16-24)18-28-17-7-12-25(28)20-29(19-21-8-3-1-4-9-21)26(30)23-10-5-2-6-11-23/h1-17H,18-20H2. The molecule has 0 aliphatic carbocycles. The Morgan fingerprint density at radius 1 is 0.733 bits per heavy atom. The first-order valence-electron chi connectivity index (χ1n) is 9.96. The molecule has 0 aliphatic rings. The highest BCUT2D eigenvalue weighted by Gasteiger charge is 2.18. The number of carbonyl (C=O) groups excluding carboxylic acids is 1. The lowest BCUT2D eigenvalue weighted by Gasteiger charge is -2.24. The number of halogens is 1. The summed E-state index contributed by atoms with van der Waals surface area (Å²) in [6.07, 6.45) is 2.07. The van der Waals surface area contributed by atoms with Gasteiger partial charge in [0.2, 0.25) is 0 Å². The van der Waals surface area contributed by atoms with E-state index in [1.165, 1.54) is 5.56 Å². The van der Waals surface area contributed by atoms with Crippen molar-refractivity contribution in [2.75, 3.05) is 0 Å². The molecule has 30 heavy (non-hydrogen) atoms. The van der Waals surface area contributed by atoms with Gasteiger partial charge in [0.15, 0.2) is 0 Å². The molecule has 0 unspecified atom stereocenters. The van der Waals surface area contributed by atoms with Crippen molar-refractivity contribution in [1.82, 2.24) is 9.47 Å². The van der Waals surface area contributed by atoms with E-state index in [9.17, 15) is 4.79 Å². The number of benzene rings is 3. The van der Waals surface area contributed by atoms with Gasteiger partial charge in [0.05, 0.1) is 6.54 Å². The molecule has 4 heteroatoms. The number of hydrogen-bond acceptors (Lipinski definition) is 1. The van der Waals surface area contributed by atoms with Crippen molar-refractivity contribution in [2.45, 2.75) is 19.6 Å². The topological polar surface area (TPSA) is 25.2 Å². The molecule has 0 saturated carbocycles. The first-order valence-corrected chi connectivity index (χ1v) is 10.7. The van der Waals surface area contributed by atoms with Gasteiger partial charge in [-0.05, 0) is 47.5 Å². The lowest BCUT2D eigenvalue weighted by atomic mass is 10.1. The van der Waals surface area contributed by atoms with Crippen molar-refractivity contribution < 1.29 is 4.79 Å². The molecule has 4 rings (SSSR count). The third-order valence-corrected chi connectivity index (χ3v) is 5.60. The predicted molar refractivity (Wildman–Crippen MR) is 124 cm³/mol. The summed E-state index contributed by atoms with van der Waals surface area (Å²) in [4.78, 5) is 15.2. The van der Waals surface area contributed by atoms with Crippen LogP contribution in [0, 0.1) is 0 Å². The Balaban J connectivity index is 1.58. The number of amides is 1. The fourth-order valence-corrected chi connectivity index (χ4v) is 3.76. The minimum absolute atomic E-state index is 0.0378. The van der Waals surface area contributed by atoms with Gasteiger partial charge in [-0.25, -0.2) is 0 Å². The average Bonchev–Trinajstić information content (AvgIpc) is 3.22. The molecule has 4 aromatic rings. The highest BCUT2D eigenvalue weighted by molar-refractivity contribution is 9.10. The smallest absolute Gasteiger partial charge is 0.254 e. The number of hydrogen-bond donors (Lipinski definition) is 0. The van der Waals surface area contributed by atoms with Gasteiger partial charge < -0.3 is 9.47 Å². The zero-order valence-electron chi connectivity index (χ0n) is 16.6. The summed E-state index contributed by atoms with van der Waals surface area (Å²) >= 11 is 3.49. The van der Waals surface area contributed by atoms with E-state index in [4.69, 9.17) is 0 Å². The fourth-order valence-electron chi connectivity index (χ4n) is 3.50. The molecule has 0 N–H and O–H groups in total. The zero-order valence-corrected chi connectivity index (χ0v) is 18.2. The van der Waals surface area contributed by atoms with Gasteiger partial charge in [0.1, 0.15) is 0 Å². The summed E-state index contributed by atoms with van der Waals surface area (Å²) in [5.41, 5.74) is 4.16. The molecule has 1 aromatic heterocycles. The van der Waals surface area contributed by atoms with Crippen LogP contribution in [0.2, 0.25) is 0 Å². The maximum atomic E-state index is 13.3. The number of nitrogens with zero attached hydrogens (tertiary/aromatic N) is 2. The largest absolute Gasteiger partial charge is 0.345 e. The van der Waals surface area contributed by atoms with Crippen LogP contribution in [0.5, 0.6) is 0 Å². The van der Waals surface area contributed by atoms with E-state index in [1.54, 1.807) is 0 Å². The van der Waals surface area contributed by atoms with E-state index >= 15 is 0 Å². The van der Waals surface area contributed by atoms with Crippen LogP contribution >= 0.6 is 15.9 Å². The molecule has 0 atom stereocenters. The minimum Gasteiger partial charge on any atom is -0.345 e. The second kappa shape index (κ2) is 9.59. The second-order valence-electron chi connectivity index (χ2n) is 7.27. The van der Waals surface area contributed by atoms with Crippen LogP contribution in [-0.2, 0) is 19.6 Å². The Morgan fingerprint density at radius 3 is 2.10 bits per heavy atom. The summed E-state index contributed by atoms with van der Waals surface area (Å²) in [6, 6.07) is 32.1. The number of carbonyl (C=O) groups is 1. The van der Waals surface area contributed by atoms with E-state index < -0.39 is 0 Å². The third-order valence-electron chi connectivity index (χ3n) is 5.07. The van der Waals surface area contributed by atoms with Gasteiger partial charge in [-0.1, -0.05) is 76.6 Å². The first kappa shape index (κ1) is 20.2. The van der Waals surface area contributed by atoms with Crippen LogP contribution in [0.3, 0.4) is 0 Å². The molecule has 0 aliphatic heterocycles. The van der Waals surface area contributed by atoms with E-state index in [0.29, 0.717) is 18.7 Å². The molecule has 0 spiro atoms. The van der Waals surface area contributed by atoms with Crippen LogP contribution < -0.4 is 0 Å². The SMILES string of the molecule is O=C(c1ccccc1)N(Cc1ccccc1)Cc1cccn1Cc1ccc(Br)cc1. The van der Waals surface area contributed by atoms with Gasteiger partial charge in [-0.2, -0.15) is 0 Å². The van der Waals surface area contributed by atoms with Gasteiger partial charge in [-0.15, -0.1) is 0 Å². The van der Waals surface area contributed by atoms with E-state index in [-0.39, 0.29) is 5.91 Å². The van der Waals surface area contributed by atoms with Crippen molar-refractivity contribution in [1.29, 1.82) is 0 Å². The highest BCUT2D eigenvalue weighted by Crippen LogP contribution is 2.17. The molecule has 0 fully saturated rings. The maximum Gasteiger partial charge on any atom is 0.254 e. The summed E-state index contributed by atoms with van der Waals surface area (Å²) in [5.74, 6) is 0.0378. The molecule has 0 radical (unpaired) electrons. The third kappa shape index (κ3) is 5.08. The summed E-state index contributed by atoms with van der Waals surface area (Å²) < 4.78 is 3.28. The monoisotopic (exact) mass is 458 g/mol. The molecule has 1 amide bonds. The predicted octanol–water partition coefficient (Wildman–Crippen LogP) is 6.14. The quantitative estimate of drug-likeness (QED) is 0.326. The lowest BCUT2D eigenvalue weighted by molar-refractivity contribution is 0.0726. The lowest BCUT2D eigenvalue weighted by Crippen LogP contribution is -2.31. The summed E-state index contributed by atoms with van der Waals surface area (Å²) in [7, 11) is 0. The molecule has 1 heterocycles. The minimum atomic E-state index is 0.0378. The average molecular weight is 459 g/mol. The molecule has 0 saturated heterocycles. The van der Waals surface area contributed by atoms with E-state index in [0.717, 1.165) is 22.3 Å². The fraction of sp³-hybridized carbons (Fsp3) is 0.115. The summed E-state index contributed by atoms with van der Waals surface area (Å²) in [6.45, 7) is 1.89. The van der Waals surface area contributed by atoms with Crippen molar-refractivity contribution in [2.24, 2.45) is 0 Å². The van der Waals surface area contributed by atoms with Crippen molar-refractivity contribution in [3.05, 3.63) is 130 Å². The van der Waals surface area contributed by atoms with Crippen molar-refractivity contribution in [3.63, 3.8) is 0 Å². The van der Waals surface area contributed by atoms with Gasteiger partial charge in [0, 0.05) is 35.0 Å². The zero-order chi connectivity index (χ0) is 20.8. The molecule has 150 valence electrons. The van der Waals surface area contributed by atoms with Crippen molar-refractivity contribution in [3.8, 4) is 0 Å². The molecule has 3 nitrogen and oxygen atoms in total. The van der Waals surface area contributed by atoms with Crippen LogP contribution in [0.25, 0.3) is 0 Å². The Hall–Kier alpha value is -3.11. The van der Waals surface area contributed by atoms with Crippen LogP contribution in [0.15, 0.2) is 108 Å². The van der Waals surface area contributed by atoms with Gasteiger partial charge in [-0.3, -0.25) is 4.79 Å². The number of aromatic nitrogens is 1. The Bertz CT molecular complexity index is 1090. The maximum absolute atomic E-state index is 13.3. The Labute approximate surface area is 185 Å². The normalized spacial score (nSPS) is 10.7. The van der Waals surface area contributed by atoms with E-state index in [1.807, 2.05) is 59.5 Å². The van der Waals surface area contributed by atoms with Crippen LogP contribution in [0.1, 0.15) is 27.2 Å². The Morgan fingerprint density at radius 2 is 1.40 bits per heavy atom.